The van der Waals surface area contributed by atoms with E-state index in [0.29, 0.717) is 54.1 Å². The molecule has 0 saturated heterocycles. The molecule has 3 atom stereocenters. The molecule has 0 aliphatic rings. The standard InChI is InChI=1S/C29H41F2N3O3/c1-6-22(14-12-20-30)28-26(16-9-10-19-29(5,36)37)33-25(24(8-3)34-28)17-18-27(35)32-21(4)13-11-15-23(31)7-2/h6-8,11-13,17,20-23,36-37H,1-2,9-10,14-16,18-19H2,3-5H3,(H,32,35)/b13-11+,20-12+,24-8+,25-17+. The molecule has 1 heterocycles. The molecule has 37 heavy (non-hydrogen) atoms. The van der Waals surface area contributed by atoms with Crippen molar-refractivity contribution in [3.05, 3.63) is 72.0 Å². The summed E-state index contributed by atoms with van der Waals surface area (Å²) >= 11 is 0. The van der Waals surface area contributed by atoms with E-state index in [0.717, 1.165) is 0 Å². The van der Waals surface area contributed by atoms with Crippen LogP contribution in [0, 0.1) is 0 Å². The summed E-state index contributed by atoms with van der Waals surface area (Å²) in [6.07, 6.45) is 13.3. The van der Waals surface area contributed by atoms with Crippen molar-refractivity contribution in [2.75, 3.05) is 0 Å². The Bertz CT molecular complexity index is 1060. The summed E-state index contributed by atoms with van der Waals surface area (Å²) in [6, 6.07) is -0.264. The molecular weight excluding hydrogens is 476 g/mol. The highest BCUT2D eigenvalue weighted by atomic mass is 19.1. The fourth-order valence-corrected chi connectivity index (χ4v) is 3.68. The number of nitrogens with zero attached hydrogens (tertiary/aromatic N) is 2. The third kappa shape index (κ3) is 12.7. The summed E-state index contributed by atoms with van der Waals surface area (Å²) in [5.41, 5.74) is 1.38. The average molecular weight is 518 g/mol. The van der Waals surface area contributed by atoms with Gasteiger partial charge < -0.3 is 15.5 Å². The molecule has 3 unspecified atom stereocenters. The maximum atomic E-state index is 13.2. The molecule has 0 spiro atoms. The minimum Gasteiger partial charge on any atom is -0.366 e. The lowest BCUT2D eigenvalue weighted by molar-refractivity contribution is -0.150. The Balaban J connectivity index is 3.17. The quantitative estimate of drug-likeness (QED) is 0.175. The second kappa shape index (κ2) is 16.7. The second-order valence-electron chi connectivity index (χ2n) is 9.16. The lowest BCUT2D eigenvalue weighted by atomic mass is 9.96. The Morgan fingerprint density at radius 3 is 2.46 bits per heavy atom. The Morgan fingerprint density at radius 1 is 1.14 bits per heavy atom. The largest absolute Gasteiger partial charge is 0.366 e. The Hall–Kier alpha value is -2.97. The van der Waals surface area contributed by atoms with Crippen molar-refractivity contribution in [2.24, 2.45) is 0 Å². The van der Waals surface area contributed by atoms with Gasteiger partial charge in [-0.1, -0.05) is 36.5 Å². The smallest absolute Gasteiger partial charge is 0.224 e. The minimum atomic E-state index is -1.73. The molecule has 0 aliphatic heterocycles. The normalized spacial score (nSPS) is 15.8. The number of allylic oxidation sites excluding steroid dienone is 4. The molecule has 1 rings (SSSR count). The molecule has 0 saturated carbocycles. The van der Waals surface area contributed by atoms with E-state index in [4.69, 9.17) is 9.97 Å². The highest BCUT2D eigenvalue weighted by Crippen LogP contribution is 2.22. The van der Waals surface area contributed by atoms with E-state index in [2.05, 4.69) is 18.5 Å². The third-order valence-electron chi connectivity index (χ3n) is 5.67. The number of aromatic nitrogens is 2. The van der Waals surface area contributed by atoms with E-state index in [1.165, 1.54) is 19.1 Å². The Kier molecular flexibility index (Phi) is 14.5. The molecule has 1 aromatic rings. The number of unbranched alkanes of at least 4 members (excludes halogenated alkanes) is 1. The monoisotopic (exact) mass is 517 g/mol. The fraction of sp³-hybridized carbons (Fsp3) is 0.483. The number of rotatable bonds is 16. The van der Waals surface area contributed by atoms with Gasteiger partial charge in [0.05, 0.1) is 28.4 Å². The van der Waals surface area contributed by atoms with Gasteiger partial charge in [0.2, 0.25) is 5.91 Å². The lowest BCUT2D eigenvalue weighted by Gasteiger charge is -2.17. The van der Waals surface area contributed by atoms with Gasteiger partial charge in [-0.2, -0.15) is 0 Å². The summed E-state index contributed by atoms with van der Waals surface area (Å²) in [6.45, 7) is 12.2. The fourth-order valence-electron chi connectivity index (χ4n) is 3.68. The highest BCUT2D eigenvalue weighted by molar-refractivity contribution is 5.81. The Morgan fingerprint density at radius 2 is 1.86 bits per heavy atom. The molecular formula is C29H41F2N3O3. The van der Waals surface area contributed by atoms with Crippen molar-refractivity contribution in [1.82, 2.24) is 15.3 Å². The molecule has 1 amide bonds. The highest BCUT2D eigenvalue weighted by Gasteiger charge is 2.17. The van der Waals surface area contributed by atoms with E-state index >= 15 is 0 Å². The van der Waals surface area contributed by atoms with Gasteiger partial charge in [0.25, 0.3) is 0 Å². The van der Waals surface area contributed by atoms with Crippen LogP contribution < -0.4 is 16.0 Å². The van der Waals surface area contributed by atoms with Gasteiger partial charge in [0.15, 0.2) is 5.79 Å². The van der Waals surface area contributed by atoms with E-state index in [1.54, 1.807) is 37.3 Å². The molecule has 0 fully saturated rings. The average Bonchev–Trinajstić information content (AvgIpc) is 2.85. The molecule has 204 valence electrons. The van der Waals surface area contributed by atoms with Crippen LogP contribution in [0.1, 0.15) is 76.6 Å². The molecule has 0 radical (unpaired) electrons. The predicted octanol–water partition coefficient (Wildman–Crippen LogP) is 3.98. The van der Waals surface area contributed by atoms with Gasteiger partial charge >= 0.3 is 0 Å². The number of nitrogens with one attached hydrogen (secondary N) is 1. The number of alkyl halides is 1. The number of hydrogen-bond donors (Lipinski definition) is 3. The van der Waals surface area contributed by atoms with Crippen LogP contribution >= 0.6 is 0 Å². The number of aliphatic hydroxyl groups is 2. The molecule has 8 heteroatoms. The molecule has 3 N–H and O–H groups in total. The number of carbonyl (C=O) groups excluding carboxylic acids is 1. The predicted molar refractivity (Wildman–Crippen MR) is 145 cm³/mol. The van der Waals surface area contributed by atoms with Gasteiger partial charge in [0, 0.05) is 31.2 Å². The number of aryl methyl sites for hydroxylation is 1. The van der Waals surface area contributed by atoms with Crippen molar-refractivity contribution >= 4 is 18.1 Å². The number of amides is 1. The summed E-state index contributed by atoms with van der Waals surface area (Å²) in [5, 5.41) is 23.2. The Labute approximate surface area is 218 Å². The van der Waals surface area contributed by atoms with Crippen LogP contribution in [0.25, 0.3) is 12.2 Å². The van der Waals surface area contributed by atoms with Crippen LogP contribution in [-0.4, -0.2) is 44.1 Å². The summed E-state index contributed by atoms with van der Waals surface area (Å²) in [7, 11) is 0. The maximum absolute atomic E-state index is 13.2. The van der Waals surface area contributed by atoms with Crippen molar-refractivity contribution in [3.8, 4) is 0 Å². The van der Waals surface area contributed by atoms with Gasteiger partial charge in [-0.3, -0.25) is 4.79 Å². The van der Waals surface area contributed by atoms with Crippen LogP contribution in [0.3, 0.4) is 0 Å². The first-order chi connectivity index (χ1) is 17.5. The summed E-state index contributed by atoms with van der Waals surface area (Å²) in [4.78, 5) is 22.1. The number of hydrogen-bond acceptors (Lipinski definition) is 5. The van der Waals surface area contributed by atoms with E-state index in [9.17, 15) is 23.8 Å². The van der Waals surface area contributed by atoms with E-state index in [-0.39, 0.29) is 37.1 Å². The van der Waals surface area contributed by atoms with Crippen LogP contribution in [0.2, 0.25) is 0 Å². The number of halogens is 2. The first-order valence-electron chi connectivity index (χ1n) is 12.6. The molecule has 6 nitrogen and oxygen atoms in total. The zero-order valence-electron chi connectivity index (χ0n) is 22.2. The molecule has 0 aromatic carbocycles. The van der Waals surface area contributed by atoms with Crippen molar-refractivity contribution in [2.45, 2.75) is 89.6 Å². The summed E-state index contributed by atoms with van der Waals surface area (Å²) < 4.78 is 25.9. The maximum Gasteiger partial charge on any atom is 0.224 e. The second-order valence-corrected chi connectivity index (χ2v) is 9.16. The molecule has 1 aromatic heterocycles. The van der Waals surface area contributed by atoms with E-state index in [1.807, 2.05) is 6.92 Å². The molecule has 0 bridgehead atoms. The van der Waals surface area contributed by atoms with Crippen LogP contribution in [0.15, 0.2) is 49.9 Å². The van der Waals surface area contributed by atoms with Crippen molar-refractivity contribution < 1.29 is 23.8 Å². The minimum absolute atomic E-state index is 0.0771. The zero-order chi connectivity index (χ0) is 27.8. The van der Waals surface area contributed by atoms with Gasteiger partial charge in [-0.05, 0) is 52.5 Å². The molecule has 0 aliphatic carbocycles. The van der Waals surface area contributed by atoms with Crippen molar-refractivity contribution in [1.29, 1.82) is 0 Å². The first kappa shape index (κ1) is 32.1. The van der Waals surface area contributed by atoms with Crippen LogP contribution in [0.4, 0.5) is 8.78 Å². The van der Waals surface area contributed by atoms with Gasteiger partial charge in [-0.15, -0.1) is 13.2 Å². The van der Waals surface area contributed by atoms with Crippen LogP contribution in [-0.2, 0) is 11.2 Å². The zero-order valence-corrected chi connectivity index (χ0v) is 22.2. The number of carbonyl (C=O) groups is 1. The third-order valence-corrected chi connectivity index (χ3v) is 5.67. The van der Waals surface area contributed by atoms with Gasteiger partial charge in [-0.25, -0.2) is 18.7 Å². The van der Waals surface area contributed by atoms with Gasteiger partial charge in [0.1, 0.15) is 6.17 Å². The van der Waals surface area contributed by atoms with E-state index < -0.39 is 12.0 Å². The summed E-state index contributed by atoms with van der Waals surface area (Å²) in [5.74, 6) is -2.19. The SMILES string of the molecule is C=CC(F)C/C=C/C(C)NC(=O)C/C=c1/nc(CCCCC(C)(O)O)c(C(C=C)C/C=C/F)n/c1=C/C. The topological polar surface area (TPSA) is 95.3 Å². The first-order valence-corrected chi connectivity index (χ1v) is 12.6. The lowest BCUT2D eigenvalue weighted by Crippen LogP contribution is -2.36. The van der Waals surface area contributed by atoms with Crippen molar-refractivity contribution in [3.63, 3.8) is 0 Å². The van der Waals surface area contributed by atoms with Crippen LogP contribution in [0.5, 0.6) is 0 Å².